The second-order valence-corrected chi connectivity index (χ2v) is 5.90. The molecule has 1 fully saturated rings. The van der Waals surface area contributed by atoms with Crippen LogP contribution < -0.4 is 5.32 Å². The van der Waals surface area contributed by atoms with Crippen LogP contribution in [0.2, 0.25) is 5.02 Å². The van der Waals surface area contributed by atoms with Gasteiger partial charge in [-0.2, -0.15) is 5.10 Å². The second-order valence-electron chi connectivity index (χ2n) is 5.50. The van der Waals surface area contributed by atoms with Crippen molar-refractivity contribution in [1.82, 2.24) is 14.8 Å². The van der Waals surface area contributed by atoms with Crippen molar-refractivity contribution in [2.75, 3.05) is 5.32 Å². The fraction of sp³-hybridized carbons (Fsp3) is 0.429. The molecule has 1 atom stereocenters. The van der Waals surface area contributed by atoms with Gasteiger partial charge in [0.15, 0.2) is 0 Å². The molecular weight excluding hydrogens is 260 g/mol. The Balaban J connectivity index is 1.95. The highest BCUT2D eigenvalue weighted by molar-refractivity contribution is 6.33. The minimum Gasteiger partial charge on any atom is -0.380 e. The second kappa shape index (κ2) is 4.53. The molecule has 1 aliphatic carbocycles. The quantitative estimate of drug-likeness (QED) is 0.929. The third-order valence-corrected chi connectivity index (χ3v) is 4.40. The zero-order chi connectivity index (χ0) is 13.5. The molecular formula is C14H17ClN4. The number of aromatic nitrogens is 3. The van der Waals surface area contributed by atoms with Crippen molar-refractivity contribution in [2.45, 2.75) is 32.7 Å². The number of rotatable bonds is 4. The lowest BCUT2D eigenvalue weighted by atomic mass is 10.0. The van der Waals surface area contributed by atoms with Gasteiger partial charge in [0.05, 0.1) is 10.7 Å². The predicted octanol–water partition coefficient (Wildman–Crippen LogP) is 3.52. The maximum Gasteiger partial charge on any atom is 0.138 e. The van der Waals surface area contributed by atoms with Crippen LogP contribution in [0.1, 0.15) is 26.7 Å². The van der Waals surface area contributed by atoms with E-state index < -0.39 is 0 Å². The maximum absolute atomic E-state index is 6.31. The van der Waals surface area contributed by atoms with Crippen LogP contribution in [-0.4, -0.2) is 20.8 Å². The molecule has 0 bridgehead atoms. The van der Waals surface area contributed by atoms with Crippen LogP contribution in [0.5, 0.6) is 0 Å². The number of anilines is 1. The van der Waals surface area contributed by atoms with E-state index in [-0.39, 0.29) is 0 Å². The van der Waals surface area contributed by atoms with E-state index in [1.54, 1.807) is 11.0 Å². The van der Waals surface area contributed by atoms with Gasteiger partial charge in [0, 0.05) is 6.04 Å². The summed E-state index contributed by atoms with van der Waals surface area (Å²) in [6.45, 7) is 4.53. The topological polar surface area (TPSA) is 42.7 Å². The lowest BCUT2D eigenvalue weighted by Gasteiger charge is -2.23. The van der Waals surface area contributed by atoms with Gasteiger partial charge in [-0.05, 0) is 37.3 Å². The van der Waals surface area contributed by atoms with Crippen LogP contribution in [0.15, 0.2) is 30.9 Å². The van der Waals surface area contributed by atoms with E-state index >= 15 is 0 Å². The van der Waals surface area contributed by atoms with E-state index in [0.717, 1.165) is 11.4 Å². The van der Waals surface area contributed by atoms with E-state index in [1.165, 1.54) is 19.2 Å². The van der Waals surface area contributed by atoms with E-state index in [9.17, 15) is 0 Å². The highest BCUT2D eigenvalue weighted by Crippen LogP contribution is 2.49. The number of nitrogens with zero attached hydrogens (tertiary/aromatic N) is 3. The Kier molecular flexibility index (Phi) is 2.97. The lowest BCUT2D eigenvalue weighted by molar-refractivity contribution is 0.493. The SMILES string of the molecule is CC(Nc1cccc(Cl)c1-n1cncn1)C1(C)CC1. The molecule has 0 amide bonds. The summed E-state index contributed by atoms with van der Waals surface area (Å²) >= 11 is 6.31. The van der Waals surface area contributed by atoms with Gasteiger partial charge in [0.2, 0.25) is 0 Å². The molecule has 1 heterocycles. The van der Waals surface area contributed by atoms with Crippen LogP contribution >= 0.6 is 11.6 Å². The van der Waals surface area contributed by atoms with Gasteiger partial charge in [0.25, 0.3) is 0 Å². The average Bonchev–Trinajstić information content (AvgIpc) is 2.91. The van der Waals surface area contributed by atoms with E-state index in [0.29, 0.717) is 16.5 Å². The molecule has 0 saturated heterocycles. The third kappa shape index (κ3) is 2.32. The molecule has 1 aromatic carbocycles. The first-order valence-corrected chi connectivity index (χ1v) is 6.88. The lowest BCUT2D eigenvalue weighted by Crippen LogP contribution is -2.25. The minimum absolute atomic E-state index is 0.405. The van der Waals surface area contributed by atoms with Crippen LogP contribution in [0, 0.1) is 5.41 Å². The predicted molar refractivity (Wildman–Crippen MR) is 76.8 cm³/mol. The Bertz CT molecular complexity index is 575. The number of halogens is 1. The molecule has 1 unspecified atom stereocenters. The van der Waals surface area contributed by atoms with Gasteiger partial charge >= 0.3 is 0 Å². The third-order valence-electron chi connectivity index (χ3n) is 4.09. The van der Waals surface area contributed by atoms with Crippen molar-refractivity contribution in [1.29, 1.82) is 0 Å². The van der Waals surface area contributed by atoms with E-state index in [1.807, 2.05) is 18.2 Å². The molecule has 1 saturated carbocycles. The summed E-state index contributed by atoms with van der Waals surface area (Å²) in [6.07, 6.45) is 5.73. The van der Waals surface area contributed by atoms with Gasteiger partial charge in [-0.3, -0.25) is 0 Å². The first-order chi connectivity index (χ1) is 9.10. The van der Waals surface area contributed by atoms with Crippen LogP contribution in [-0.2, 0) is 0 Å². The Morgan fingerprint density at radius 3 is 2.84 bits per heavy atom. The summed E-state index contributed by atoms with van der Waals surface area (Å²) in [5.74, 6) is 0. The molecule has 19 heavy (non-hydrogen) atoms. The fourth-order valence-electron chi connectivity index (χ4n) is 2.23. The Morgan fingerprint density at radius 2 is 2.21 bits per heavy atom. The van der Waals surface area contributed by atoms with E-state index in [2.05, 4.69) is 29.2 Å². The zero-order valence-electron chi connectivity index (χ0n) is 11.1. The Morgan fingerprint density at radius 1 is 1.42 bits per heavy atom. The van der Waals surface area contributed by atoms with Crippen molar-refractivity contribution in [2.24, 2.45) is 5.41 Å². The molecule has 0 radical (unpaired) electrons. The summed E-state index contributed by atoms with van der Waals surface area (Å²) in [6, 6.07) is 6.26. The van der Waals surface area contributed by atoms with Crippen LogP contribution in [0.25, 0.3) is 5.69 Å². The normalized spacial score (nSPS) is 18.1. The highest BCUT2D eigenvalue weighted by Gasteiger charge is 2.42. The first-order valence-electron chi connectivity index (χ1n) is 6.50. The Hall–Kier alpha value is -1.55. The van der Waals surface area contributed by atoms with Crippen molar-refractivity contribution in [3.05, 3.63) is 35.9 Å². The van der Waals surface area contributed by atoms with Crippen molar-refractivity contribution < 1.29 is 0 Å². The number of hydrogen-bond acceptors (Lipinski definition) is 3. The molecule has 1 N–H and O–H groups in total. The summed E-state index contributed by atoms with van der Waals surface area (Å²) in [5, 5.41) is 8.41. The molecule has 0 spiro atoms. The standard InChI is InChI=1S/C14H17ClN4/c1-10(14(2)6-7-14)18-12-5-3-4-11(15)13(12)19-9-16-8-17-19/h3-5,8-10,18H,6-7H2,1-2H3. The minimum atomic E-state index is 0.405. The van der Waals surface area contributed by atoms with Gasteiger partial charge in [-0.15, -0.1) is 0 Å². The molecule has 3 rings (SSSR count). The van der Waals surface area contributed by atoms with Crippen molar-refractivity contribution >= 4 is 17.3 Å². The van der Waals surface area contributed by atoms with Gasteiger partial charge < -0.3 is 5.32 Å². The van der Waals surface area contributed by atoms with Gasteiger partial charge in [-0.25, -0.2) is 9.67 Å². The van der Waals surface area contributed by atoms with Crippen LogP contribution in [0.4, 0.5) is 5.69 Å². The molecule has 2 aromatic rings. The van der Waals surface area contributed by atoms with Crippen molar-refractivity contribution in [3.8, 4) is 5.69 Å². The molecule has 100 valence electrons. The zero-order valence-corrected chi connectivity index (χ0v) is 11.9. The summed E-state index contributed by atoms with van der Waals surface area (Å²) < 4.78 is 1.70. The highest BCUT2D eigenvalue weighted by atomic mass is 35.5. The number of para-hydroxylation sites is 1. The number of nitrogens with one attached hydrogen (secondary N) is 1. The van der Waals surface area contributed by atoms with E-state index in [4.69, 9.17) is 11.6 Å². The number of benzene rings is 1. The number of hydrogen-bond donors (Lipinski definition) is 1. The largest absolute Gasteiger partial charge is 0.380 e. The molecule has 1 aromatic heterocycles. The smallest absolute Gasteiger partial charge is 0.138 e. The van der Waals surface area contributed by atoms with Gasteiger partial charge in [-0.1, -0.05) is 24.6 Å². The molecule has 0 aliphatic heterocycles. The summed E-state index contributed by atoms with van der Waals surface area (Å²) in [7, 11) is 0. The van der Waals surface area contributed by atoms with Crippen molar-refractivity contribution in [3.63, 3.8) is 0 Å². The van der Waals surface area contributed by atoms with Gasteiger partial charge in [0.1, 0.15) is 18.3 Å². The Labute approximate surface area is 117 Å². The summed E-state index contributed by atoms with van der Waals surface area (Å²) in [5.41, 5.74) is 2.26. The summed E-state index contributed by atoms with van der Waals surface area (Å²) in [4.78, 5) is 3.99. The average molecular weight is 277 g/mol. The molecule has 5 heteroatoms. The molecule has 4 nitrogen and oxygen atoms in total. The maximum atomic E-state index is 6.31. The fourth-order valence-corrected chi connectivity index (χ4v) is 2.49. The first kappa shape index (κ1) is 12.5. The van der Waals surface area contributed by atoms with Crippen LogP contribution in [0.3, 0.4) is 0 Å². The monoisotopic (exact) mass is 276 g/mol. The molecule has 1 aliphatic rings.